The van der Waals surface area contributed by atoms with Crippen LogP contribution in [0.5, 0.6) is 5.75 Å². The fourth-order valence-electron chi connectivity index (χ4n) is 2.04. The molecule has 3 N–H and O–H groups in total. The Hall–Kier alpha value is -3.05. The van der Waals surface area contributed by atoms with Crippen LogP contribution < -0.4 is 0 Å². The van der Waals surface area contributed by atoms with E-state index in [2.05, 4.69) is 19.7 Å². The number of nitro benzene ring substituents is 1. The Morgan fingerprint density at radius 1 is 1.33 bits per heavy atom. The van der Waals surface area contributed by atoms with Gasteiger partial charge < -0.3 is 14.9 Å². The molecule has 27 heavy (non-hydrogen) atoms. The molecule has 12 nitrogen and oxygen atoms in total. The predicted octanol–water partition coefficient (Wildman–Crippen LogP) is 2.84. The maximum Gasteiger partial charge on any atom is 0.469 e. The summed E-state index contributed by atoms with van der Waals surface area (Å²) in [7, 11) is -4.89. The lowest BCUT2D eigenvalue weighted by Gasteiger charge is -2.12. The van der Waals surface area contributed by atoms with E-state index in [1.54, 1.807) is 0 Å². The van der Waals surface area contributed by atoms with Crippen LogP contribution in [0, 0.1) is 17.0 Å². The Kier molecular flexibility index (Phi) is 6.08. The summed E-state index contributed by atoms with van der Waals surface area (Å²) in [6.07, 6.45) is 0.242. The summed E-state index contributed by atoms with van der Waals surface area (Å²) in [6, 6.07) is 5.45. The Morgan fingerprint density at radius 2 is 2.00 bits per heavy atom. The number of nitrogens with zero attached hydrogens (tertiary/aromatic N) is 4. The molecule has 0 fully saturated rings. The van der Waals surface area contributed by atoms with E-state index < -0.39 is 25.1 Å². The summed E-state index contributed by atoms with van der Waals surface area (Å²) < 4.78 is 15.3. The number of carbonyl (C=O) groups is 1. The third-order valence-corrected chi connectivity index (χ3v) is 3.76. The van der Waals surface area contributed by atoms with Crippen molar-refractivity contribution in [3.63, 3.8) is 0 Å². The number of nitro groups is 1. The highest BCUT2D eigenvalue weighted by atomic mass is 31.2. The lowest BCUT2D eigenvalue weighted by atomic mass is 10.1. The summed E-state index contributed by atoms with van der Waals surface area (Å²) >= 11 is 0. The molecule has 2 aromatic rings. The van der Waals surface area contributed by atoms with E-state index in [-0.39, 0.29) is 40.3 Å². The van der Waals surface area contributed by atoms with Gasteiger partial charge in [0.05, 0.1) is 22.8 Å². The number of phosphoric acid groups is 1. The van der Waals surface area contributed by atoms with Crippen LogP contribution in [0.3, 0.4) is 0 Å². The van der Waals surface area contributed by atoms with E-state index in [4.69, 9.17) is 9.79 Å². The van der Waals surface area contributed by atoms with Crippen molar-refractivity contribution in [3.05, 3.63) is 51.2 Å². The van der Waals surface area contributed by atoms with Gasteiger partial charge >= 0.3 is 7.82 Å². The monoisotopic (exact) mass is 396 g/mol. The number of para-hydroxylation sites is 1. The van der Waals surface area contributed by atoms with Crippen molar-refractivity contribution in [3.8, 4) is 5.75 Å². The Balaban J connectivity index is 2.55. The molecule has 1 heterocycles. The standard InChI is InChI=1S/C14H13N4O8P/c1-8-13(20)9(6-19)10(7-26-27(23,24)25)14(15-8)17-16-11-4-2-3-5-12(11)18(21)22/h2-6,20H,7H2,1H3,(H2,23,24,25). The Morgan fingerprint density at radius 3 is 2.59 bits per heavy atom. The van der Waals surface area contributed by atoms with Crippen LogP contribution in [-0.2, 0) is 15.7 Å². The van der Waals surface area contributed by atoms with Crippen molar-refractivity contribution in [1.82, 2.24) is 4.98 Å². The smallest absolute Gasteiger partial charge is 0.469 e. The van der Waals surface area contributed by atoms with Gasteiger partial charge in [0.2, 0.25) is 0 Å². The number of aromatic nitrogens is 1. The molecule has 0 atom stereocenters. The molecule has 0 bridgehead atoms. The van der Waals surface area contributed by atoms with Gasteiger partial charge in [0, 0.05) is 11.6 Å². The zero-order valence-electron chi connectivity index (χ0n) is 13.7. The third kappa shape index (κ3) is 4.99. The summed E-state index contributed by atoms with van der Waals surface area (Å²) in [5, 5.41) is 28.4. The number of phosphoric ester groups is 1. The molecule has 0 saturated heterocycles. The minimum Gasteiger partial charge on any atom is -0.505 e. The Labute approximate surface area is 151 Å². The van der Waals surface area contributed by atoms with E-state index in [9.17, 15) is 24.6 Å². The quantitative estimate of drug-likeness (QED) is 0.208. The Bertz CT molecular complexity index is 972. The van der Waals surface area contributed by atoms with E-state index in [0.717, 1.165) is 0 Å². The van der Waals surface area contributed by atoms with Gasteiger partial charge in [-0.2, -0.15) is 0 Å². The van der Waals surface area contributed by atoms with Crippen LogP contribution >= 0.6 is 7.82 Å². The van der Waals surface area contributed by atoms with Crippen molar-refractivity contribution < 1.29 is 33.7 Å². The number of pyridine rings is 1. The first-order chi connectivity index (χ1) is 12.6. The molecule has 0 aliphatic carbocycles. The van der Waals surface area contributed by atoms with Crippen LogP contribution in [0.25, 0.3) is 0 Å². The average molecular weight is 396 g/mol. The highest BCUT2D eigenvalue weighted by Gasteiger charge is 2.22. The molecule has 2 rings (SSSR count). The minimum absolute atomic E-state index is 0.00598. The molecular weight excluding hydrogens is 383 g/mol. The molecule has 13 heteroatoms. The van der Waals surface area contributed by atoms with Crippen molar-refractivity contribution >= 4 is 31.3 Å². The number of aryl methyl sites for hydroxylation is 1. The van der Waals surface area contributed by atoms with E-state index >= 15 is 0 Å². The number of azo groups is 1. The number of carbonyl (C=O) groups excluding carboxylic acids is 1. The molecule has 0 unspecified atom stereocenters. The van der Waals surface area contributed by atoms with Crippen molar-refractivity contribution in [2.24, 2.45) is 10.2 Å². The van der Waals surface area contributed by atoms with E-state index in [0.29, 0.717) is 0 Å². The molecule has 0 amide bonds. The average Bonchev–Trinajstić information content (AvgIpc) is 2.60. The maximum absolute atomic E-state index is 11.3. The second kappa shape index (κ2) is 8.10. The maximum atomic E-state index is 11.3. The van der Waals surface area contributed by atoms with Crippen molar-refractivity contribution in [2.45, 2.75) is 13.5 Å². The molecule has 142 valence electrons. The lowest BCUT2D eigenvalue weighted by molar-refractivity contribution is -0.384. The molecule has 0 spiro atoms. The first-order valence-electron chi connectivity index (χ1n) is 7.17. The van der Waals surface area contributed by atoms with Gasteiger partial charge in [0.1, 0.15) is 5.75 Å². The summed E-state index contributed by atoms with van der Waals surface area (Å²) in [5.74, 6) is -0.807. The van der Waals surface area contributed by atoms with Crippen LogP contribution in [0.4, 0.5) is 17.2 Å². The van der Waals surface area contributed by atoms with Gasteiger partial charge in [0.25, 0.3) is 5.69 Å². The zero-order chi connectivity index (χ0) is 20.2. The van der Waals surface area contributed by atoms with E-state index in [1.807, 2.05) is 0 Å². The first-order valence-corrected chi connectivity index (χ1v) is 8.70. The molecule has 0 radical (unpaired) electrons. The zero-order valence-corrected chi connectivity index (χ0v) is 14.6. The summed E-state index contributed by atoms with van der Waals surface area (Å²) in [4.78, 5) is 43.2. The second-order valence-electron chi connectivity index (χ2n) is 5.09. The van der Waals surface area contributed by atoms with Crippen LogP contribution in [0.1, 0.15) is 21.6 Å². The molecule has 1 aromatic heterocycles. The van der Waals surface area contributed by atoms with Gasteiger partial charge in [-0.05, 0) is 13.0 Å². The fraction of sp³-hybridized carbons (Fsp3) is 0.143. The topological polar surface area (TPSA) is 185 Å². The summed E-state index contributed by atoms with van der Waals surface area (Å²) in [6.45, 7) is 0.560. The number of hydrogen-bond acceptors (Lipinski definition) is 9. The van der Waals surface area contributed by atoms with Gasteiger partial charge in [-0.15, -0.1) is 10.2 Å². The number of hydrogen-bond donors (Lipinski definition) is 3. The molecule has 0 aliphatic rings. The number of rotatable bonds is 7. The van der Waals surface area contributed by atoms with Gasteiger partial charge in [0.15, 0.2) is 17.8 Å². The molecule has 1 aromatic carbocycles. The van der Waals surface area contributed by atoms with Gasteiger partial charge in [-0.3, -0.25) is 19.4 Å². The van der Waals surface area contributed by atoms with Gasteiger partial charge in [-0.1, -0.05) is 12.1 Å². The molecular formula is C14H13N4O8P. The van der Waals surface area contributed by atoms with Crippen molar-refractivity contribution in [1.29, 1.82) is 0 Å². The van der Waals surface area contributed by atoms with Crippen LogP contribution in [0.2, 0.25) is 0 Å². The van der Waals surface area contributed by atoms with Crippen LogP contribution in [-0.4, -0.2) is 31.1 Å². The number of benzene rings is 1. The highest BCUT2D eigenvalue weighted by molar-refractivity contribution is 7.46. The third-order valence-electron chi connectivity index (χ3n) is 3.29. The van der Waals surface area contributed by atoms with Crippen LogP contribution in [0.15, 0.2) is 34.5 Å². The first kappa shape index (κ1) is 20.3. The number of aldehydes is 1. The number of aromatic hydroxyl groups is 1. The normalized spacial score (nSPS) is 11.7. The largest absolute Gasteiger partial charge is 0.505 e. The summed E-state index contributed by atoms with van der Waals surface area (Å²) in [5.41, 5.74) is -1.02. The van der Waals surface area contributed by atoms with Crippen molar-refractivity contribution in [2.75, 3.05) is 0 Å². The highest BCUT2D eigenvalue weighted by Crippen LogP contribution is 2.40. The minimum atomic E-state index is -4.89. The fourth-order valence-corrected chi connectivity index (χ4v) is 2.34. The second-order valence-corrected chi connectivity index (χ2v) is 6.33. The SMILES string of the molecule is Cc1nc(N=Nc2ccccc2[N+](=O)[O-])c(COP(=O)(O)O)c(C=O)c1O. The van der Waals surface area contributed by atoms with E-state index in [1.165, 1.54) is 31.2 Å². The predicted molar refractivity (Wildman–Crippen MR) is 90.1 cm³/mol. The van der Waals surface area contributed by atoms with Gasteiger partial charge in [-0.25, -0.2) is 9.55 Å². The molecule has 0 aliphatic heterocycles. The lowest BCUT2D eigenvalue weighted by Crippen LogP contribution is -2.01. The molecule has 0 saturated carbocycles.